The van der Waals surface area contributed by atoms with Crippen molar-refractivity contribution in [2.24, 2.45) is 5.92 Å². The van der Waals surface area contributed by atoms with E-state index in [2.05, 4.69) is 55.2 Å². The Balaban J connectivity index is 2.18. The third-order valence-electron chi connectivity index (χ3n) is 3.54. The standard InChI is InChI=1S/C17H31N3/c1-14(2)9-10-15(3)18-11-12-20(5)13-17-8-6-7-16(4)19-17/h6-8,14-15,18H,9-13H2,1-5H3. The van der Waals surface area contributed by atoms with Gasteiger partial charge in [0.25, 0.3) is 0 Å². The maximum absolute atomic E-state index is 4.54. The van der Waals surface area contributed by atoms with Crippen LogP contribution in [-0.4, -0.2) is 36.1 Å². The Morgan fingerprint density at radius 2 is 1.95 bits per heavy atom. The predicted molar refractivity (Wildman–Crippen MR) is 86.8 cm³/mol. The molecule has 1 aromatic rings. The number of aryl methyl sites for hydroxylation is 1. The van der Waals surface area contributed by atoms with E-state index in [0.717, 1.165) is 36.9 Å². The number of pyridine rings is 1. The molecule has 1 aromatic heterocycles. The maximum atomic E-state index is 4.54. The molecule has 0 saturated carbocycles. The van der Waals surface area contributed by atoms with E-state index in [1.54, 1.807) is 0 Å². The SMILES string of the molecule is Cc1cccc(CN(C)CCNC(C)CCC(C)C)n1. The van der Waals surface area contributed by atoms with Crippen LogP contribution in [0.1, 0.15) is 45.0 Å². The third kappa shape index (κ3) is 7.61. The van der Waals surface area contributed by atoms with Gasteiger partial charge in [0.1, 0.15) is 0 Å². The van der Waals surface area contributed by atoms with E-state index in [1.165, 1.54) is 12.8 Å². The van der Waals surface area contributed by atoms with Gasteiger partial charge in [-0.1, -0.05) is 19.9 Å². The second kappa shape index (κ2) is 9.09. The van der Waals surface area contributed by atoms with Gasteiger partial charge < -0.3 is 5.32 Å². The summed E-state index contributed by atoms with van der Waals surface area (Å²) in [6.45, 7) is 11.9. The Labute approximate surface area is 124 Å². The van der Waals surface area contributed by atoms with E-state index in [9.17, 15) is 0 Å². The summed E-state index contributed by atoms with van der Waals surface area (Å²) in [5, 5.41) is 3.60. The van der Waals surface area contributed by atoms with E-state index in [-0.39, 0.29) is 0 Å². The molecule has 0 radical (unpaired) electrons. The van der Waals surface area contributed by atoms with Crippen LogP contribution >= 0.6 is 0 Å². The molecule has 0 aromatic carbocycles. The van der Waals surface area contributed by atoms with Crippen molar-refractivity contribution in [2.45, 2.75) is 53.1 Å². The summed E-state index contributed by atoms with van der Waals surface area (Å²) in [6, 6.07) is 6.84. The van der Waals surface area contributed by atoms with Gasteiger partial charge in [-0.2, -0.15) is 0 Å². The second-order valence-corrected chi connectivity index (χ2v) is 6.33. The highest BCUT2D eigenvalue weighted by Crippen LogP contribution is 2.06. The summed E-state index contributed by atoms with van der Waals surface area (Å²) >= 11 is 0. The first-order chi connectivity index (χ1) is 9.47. The number of hydrogen-bond acceptors (Lipinski definition) is 3. The van der Waals surface area contributed by atoms with Gasteiger partial charge in [-0.25, -0.2) is 0 Å². The Kier molecular flexibility index (Phi) is 7.78. The lowest BCUT2D eigenvalue weighted by atomic mass is 10.0. The van der Waals surface area contributed by atoms with Crippen molar-refractivity contribution < 1.29 is 0 Å². The zero-order chi connectivity index (χ0) is 15.0. The number of likely N-dealkylation sites (N-methyl/N-ethyl adjacent to an activating group) is 1. The molecular formula is C17H31N3. The fraction of sp³-hybridized carbons (Fsp3) is 0.706. The topological polar surface area (TPSA) is 28.2 Å². The molecule has 0 saturated heterocycles. The van der Waals surface area contributed by atoms with Crippen molar-refractivity contribution in [2.75, 3.05) is 20.1 Å². The van der Waals surface area contributed by atoms with Crippen molar-refractivity contribution in [1.29, 1.82) is 0 Å². The fourth-order valence-corrected chi connectivity index (χ4v) is 2.23. The number of hydrogen-bond donors (Lipinski definition) is 1. The molecule has 0 spiro atoms. The van der Waals surface area contributed by atoms with Gasteiger partial charge in [0.05, 0.1) is 5.69 Å². The highest BCUT2D eigenvalue weighted by atomic mass is 15.1. The Morgan fingerprint density at radius 1 is 1.20 bits per heavy atom. The van der Waals surface area contributed by atoms with Gasteiger partial charge in [-0.3, -0.25) is 9.88 Å². The van der Waals surface area contributed by atoms with E-state index in [0.29, 0.717) is 6.04 Å². The van der Waals surface area contributed by atoms with Crippen LogP contribution in [0.25, 0.3) is 0 Å². The minimum Gasteiger partial charge on any atom is -0.313 e. The lowest BCUT2D eigenvalue weighted by molar-refractivity contribution is 0.311. The van der Waals surface area contributed by atoms with Crippen molar-refractivity contribution in [1.82, 2.24) is 15.2 Å². The van der Waals surface area contributed by atoms with Crippen LogP contribution in [0.4, 0.5) is 0 Å². The molecule has 1 N–H and O–H groups in total. The molecule has 0 aliphatic rings. The summed E-state index contributed by atoms with van der Waals surface area (Å²) in [5.41, 5.74) is 2.25. The van der Waals surface area contributed by atoms with Crippen LogP contribution in [0, 0.1) is 12.8 Å². The van der Waals surface area contributed by atoms with Gasteiger partial charge in [-0.05, 0) is 51.8 Å². The Hall–Kier alpha value is -0.930. The summed E-state index contributed by atoms with van der Waals surface area (Å²) in [6.07, 6.45) is 2.57. The molecule has 0 aliphatic heterocycles. The van der Waals surface area contributed by atoms with Crippen LogP contribution in [0.15, 0.2) is 18.2 Å². The largest absolute Gasteiger partial charge is 0.313 e. The average Bonchev–Trinajstić information content (AvgIpc) is 2.36. The molecular weight excluding hydrogens is 246 g/mol. The first-order valence-electron chi connectivity index (χ1n) is 7.82. The molecule has 3 heteroatoms. The van der Waals surface area contributed by atoms with Crippen LogP contribution < -0.4 is 5.32 Å². The highest BCUT2D eigenvalue weighted by Gasteiger charge is 2.05. The molecule has 0 aliphatic carbocycles. The molecule has 1 heterocycles. The van der Waals surface area contributed by atoms with Crippen LogP contribution in [0.3, 0.4) is 0 Å². The van der Waals surface area contributed by atoms with Crippen LogP contribution in [-0.2, 0) is 6.54 Å². The monoisotopic (exact) mass is 277 g/mol. The van der Waals surface area contributed by atoms with E-state index in [4.69, 9.17) is 0 Å². The van der Waals surface area contributed by atoms with E-state index in [1.807, 2.05) is 13.0 Å². The summed E-state index contributed by atoms with van der Waals surface area (Å²) in [7, 11) is 2.16. The summed E-state index contributed by atoms with van der Waals surface area (Å²) in [5.74, 6) is 0.800. The maximum Gasteiger partial charge on any atom is 0.0547 e. The first-order valence-corrected chi connectivity index (χ1v) is 7.82. The van der Waals surface area contributed by atoms with Crippen molar-refractivity contribution in [3.05, 3.63) is 29.6 Å². The van der Waals surface area contributed by atoms with Crippen molar-refractivity contribution in [3.8, 4) is 0 Å². The molecule has 114 valence electrons. The quantitative estimate of drug-likeness (QED) is 0.751. The molecule has 1 unspecified atom stereocenters. The van der Waals surface area contributed by atoms with Gasteiger partial charge in [-0.15, -0.1) is 0 Å². The van der Waals surface area contributed by atoms with Crippen LogP contribution in [0.5, 0.6) is 0 Å². The molecule has 0 amide bonds. The van der Waals surface area contributed by atoms with Gasteiger partial charge in [0.2, 0.25) is 0 Å². The lowest BCUT2D eigenvalue weighted by Gasteiger charge is -2.19. The highest BCUT2D eigenvalue weighted by molar-refractivity contribution is 5.09. The molecule has 1 atom stereocenters. The molecule has 1 rings (SSSR count). The van der Waals surface area contributed by atoms with E-state index >= 15 is 0 Å². The lowest BCUT2D eigenvalue weighted by Crippen LogP contribution is -2.34. The van der Waals surface area contributed by atoms with Gasteiger partial charge in [0.15, 0.2) is 0 Å². The second-order valence-electron chi connectivity index (χ2n) is 6.33. The first kappa shape index (κ1) is 17.1. The predicted octanol–water partition coefficient (Wildman–Crippen LogP) is 3.24. The fourth-order valence-electron chi connectivity index (χ4n) is 2.23. The number of nitrogens with one attached hydrogen (secondary N) is 1. The molecule has 20 heavy (non-hydrogen) atoms. The number of aromatic nitrogens is 1. The molecule has 0 bridgehead atoms. The Morgan fingerprint density at radius 3 is 2.60 bits per heavy atom. The summed E-state index contributed by atoms with van der Waals surface area (Å²) < 4.78 is 0. The minimum atomic E-state index is 0.614. The average molecular weight is 277 g/mol. The minimum absolute atomic E-state index is 0.614. The third-order valence-corrected chi connectivity index (χ3v) is 3.54. The smallest absolute Gasteiger partial charge is 0.0547 e. The van der Waals surface area contributed by atoms with Gasteiger partial charge >= 0.3 is 0 Å². The van der Waals surface area contributed by atoms with E-state index < -0.39 is 0 Å². The van der Waals surface area contributed by atoms with Gasteiger partial charge in [0, 0.05) is 31.4 Å². The zero-order valence-electron chi connectivity index (χ0n) is 13.8. The summed E-state index contributed by atoms with van der Waals surface area (Å²) in [4.78, 5) is 6.87. The van der Waals surface area contributed by atoms with Crippen molar-refractivity contribution >= 4 is 0 Å². The molecule has 0 fully saturated rings. The number of rotatable bonds is 9. The molecule has 3 nitrogen and oxygen atoms in total. The van der Waals surface area contributed by atoms with Crippen LogP contribution in [0.2, 0.25) is 0 Å². The zero-order valence-corrected chi connectivity index (χ0v) is 13.8. The van der Waals surface area contributed by atoms with Crippen molar-refractivity contribution in [3.63, 3.8) is 0 Å². The number of nitrogens with zero attached hydrogens (tertiary/aromatic N) is 2. The Bertz CT molecular complexity index is 376. The normalized spacial score (nSPS) is 13.2.